The van der Waals surface area contributed by atoms with Crippen molar-refractivity contribution in [1.82, 2.24) is 10.2 Å². The summed E-state index contributed by atoms with van der Waals surface area (Å²) in [6, 6.07) is 10.9. The van der Waals surface area contributed by atoms with Crippen LogP contribution in [0.3, 0.4) is 0 Å². The Morgan fingerprint density at radius 2 is 1.91 bits per heavy atom. The van der Waals surface area contributed by atoms with Crippen molar-refractivity contribution in [3.05, 3.63) is 52.8 Å². The van der Waals surface area contributed by atoms with Gasteiger partial charge in [-0.25, -0.2) is 9.18 Å². The molecule has 2 aromatic rings. The summed E-state index contributed by atoms with van der Waals surface area (Å²) in [7, 11) is 3.31. The zero-order valence-corrected chi connectivity index (χ0v) is 20.9. The van der Waals surface area contributed by atoms with Gasteiger partial charge in [-0.2, -0.15) is 0 Å². The van der Waals surface area contributed by atoms with E-state index >= 15 is 0 Å². The van der Waals surface area contributed by atoms with Crippen molar-refractivity contribution in [2.45, 2.75) is 63.1 Å². The SMILES string of the molecule is COc1ccc([C@@]23CC[C@@H](NC(=O)Nc4ccc(Cl)c(F)c4)C[C@@H]2N(C(C)C)CC3)cc1OC. The topological polar surface area (TPSA) is 62.8 Å². The van der Waals surface area contributed by atoms with Gasteiger partial charge in [0, 0.05) is 29.2 Å². The molecule has 1 saturated carbocycles. The molecule has 1 aliphatic heterocycles. The molecule has 2 aliphatic rings. The second-order valence-corrected chi connectivity index (χ2v) is 9.93. The summed E-state index contributed by atoms with van der Waals surface area (Å²) in [6.45, 7) is 5.46. The molecule has 1 aliphatic carbocycles. The predicted octanol–water partition coefficient (Wildman–Crippen LogP) is 5.59. The number of hydrogen-bond donors (Lipinski definition) is 2. The van der Waals surface area contributed by atoms with E-state index in [0.717, 1.165) is 43.7 Å². The van der Waals surface area contributed by atoms with E-state index in [0.29, 0.717) is 11.7 Å². The monoisotopic (exact) mass is 489 g/mol. The molecule has 2 N–H and O–H groups in total. The van der Waals surface area contributed by atoms with Gasteiger partial charge in [-0.1, -0.05) is 17.7 Å². The number of hydrogen-bond acceptors (Lipinski definition) is 4. The van der Waals surface area contributed by atoms with Crippen molar-refractivity contribution in [3.63, 3.8) is 0 Å². The van der Waals surface area contributed by atoms with Gasteiger partial charge in [-0.15, -0.1) is 0 Å². The van der Waals surface area contributed by atoms with E-state index in [2.05, 4.69) is 41.5 Å². The molecule has 0 bridgehead atoms. The fourth-order valence-electron chi connectivity index (χ4n) is 5.74. The van der Waals surface area contributed by atoms with E-state index < -0.39 is 5.82 Å². The molecule has 2 fully saturated rings. The minimum absolute atomic E-state index is 0.00220. The van der Waals surface area contributed by atoms with Crippen LogP contribution in [0.2, 0.25) is 5.02 Å². The van der Waals surface area contributed by atoms with Gasteiger partial charge in [0.15, 0.2) is 11.5 Å². The van der Waals surface area contributed by atoms with Gasteiger partial charge >= 0.3 is 6.03 Å². The molecule has 0 radical (unpaired) electrons. The van der Waals surface area contributed by atoms with Gasteiger partial charge in [0.25, 0.3) is 0 Å². The molecule has 1 saturated heterocycles. The molecule has 1 heterocycles. The zero-order chi connectivity index (χ0) is 24.5. The van der Waals surface area contributed by atoms with Crippen molar-refractivity contribution < 1.29 is 18.7 Å². The fourth-order valence-corrected chi connectivity index (χ4v) is 5.86. The Labute approximate surface area is 205 Å². The molecule has 34 heavy (non-hydrogen) atoms. The average molecular weight is 490 g/mol. The first-order valence-corrected chi connectivity index (χ1v) is 12.2. The third kappa shape index (κ3) is 4.68. The first-order chi connectivity index (χ1) is 16.3. The number of anilines is 1. The van der Waals surface area contributed by atoms with Crippen LogP contribution in [0.25, 0.3) is 0 Å². The van der Waals surface area contributed by atoms with Crippen LogP contribution in [0.4, 0.5) is 14.9 Å². The summed E-state index contributed by atoms with van der Waals surface area (Å²) in [5.74, 6) is 0.907. The maximum absolute atomic E-state index is 13.7. The fraction of sp³-hybridized carbons (Fsp3) is 0.500. The molecule has 184 valence electrons. The Kier molecular flexibility index (Phi) is 7.24. The number of carbonyl (C=O) groups excluding carboxylic acids is 1. The molecule has 8 heteroatoms. The Bertz CT molecular complexity index is 1050. The zero-order valence-electron chi connectivity index (χ0n) is 20.2. The van der Waals surface area contributed by atoms with Crippen LogP contribution in [-0.2, 0) is 5.41 Å². The lowest BCUT2D eigenvalue weighted by atomic mass is 9.65. The highest BCUT2D eigenvalue weighted by Gasteiger charge is 2.52. The predicted molar refractivity (Wildman–Crippen MR) is 133 cm³/mol. The van der Waals surface area contributed by atoms with E-state index in [1.165, 1.54) is 17.7 Å². The van der Waals surface area contributed by atoms with Gasteiger partial charge in [-0.05, 0) is 82.0 Å². The highest BCUT2D eigenvalue weighted by Crippen LogP contribution is 2.50. The van der Waals surface area contributed by atoms with E-state index in [4.69, 9.17) is 21.1 Å². The lowest BCUT2D eigenvalue weighted by Gasteiger charge is -2.46. The Balaban J connectivity index is 1.52. The molecular weight excluding hydrogens is 457 g/mol. The number of urea groups is 1. The van der Waals surface area contributed by atoms with Crippen LogP contribution >= 0.6 is 11.6 Å². The van der Waals surface area contributed by atoms with Crippen molar-refractivity contribution in [2.24, 2.45) is 0 Å². The van der Waals surface area contributed by atoms with Crippen LogP contribution in [0.15, 0.2) is 36.4 Å². The number of amides is 2. The van der Waals surface area contributed by atoms with Crippen molar-refractivity contribution in [3.8, 4) is 11.5 Å². The molecule has 0 unspecified atom stereocenters. The summed E-state index contributed by atoms with van der Waals surface area (Å²) < 4.78 is 24.8. The van der Waals surface area contributed by atoms with Crippen molar-refractivity contribution in [2.75, 3.05) is 26.1 Å². The van der Waals surface area contributed by atoms with Gasteiger partial charge in [0.2, 0.25) is 0 Å². The molecule has 3 atom stereocenters. The summed E-state index contributed by atoms with van der Waals surface area (Å²) >= 11 is 5.74. The molecular formula is C26H33ClFN3O3. The number of nitrogens with zero attached hydrogens (tertiary/aromatic N) is 1. The third-order valence-corrected chi connectivity index (χ3v) is 7.74. The van der Waals surface area contributed by atoms with E-state index in [1.54, 1.807) is 20.3 Å². The minimum Gasteiger partial charge on any atom is -0.493 e. The maximum atomic E-state index is 13.7. The number of benzene rings is 2. The second-order valence-electron chi connectivity index (χ2n) is 9.52. The van der Waals surface area contributed by atoms with E-state index in [1.807, 2.05) is 6.07 Å². The smallest absolute Gasteiger partial charge is 0.319 e. The van der Waals surface area contributed by atoms with Crippen LogP contribution in [0.5, 0.6) is 11.5 Å². The number of halogens is 2. The molecule has 6 nitrogen and oxygen atoms in total. The van der Waals surface area contributed by atoms with Crippen LogP contribution in [0.1, 0.15) is 45.1 Å². The summed E-state index contributed by atoms with van der Waals surface area (Å²) in [6.07, 6.45) is 3.72. The Morgan fingerprint density at radius 1 is 1.15 bits per heavy atom. The van der Waals surface area contributed by atoms with E-state index in [-0.39, 0.29) is 28.6 Å². The van der Waals surface area contributed by atoms with Crippen LogP contribution in [0, 0.1) is 5.82 Å². The van der Waals surface area contributed by atoms with Crippen LogP contribution < -0.4 is 20.1 Å². The Hall–Kier alpha value is -2.51. The molecule has 2 aromatic carbocycles. The quantitative estimate of drug-likeness (QED) is 0.555. The maximum Gasteiger partial charge on any atom is 0.319 e. The molecule has 4 rings (SSSR count). The minimum atomic E-state index is -0.560. The number of fused-ring (bicyclic) bond motifs is 1. The molecule has 2 amide bonds. The highest BCUT2D eigenvalue weighted by molar-refractivity contribution is 6.30. The number of carbonyl (C=O) groups is 1. The third-order valence-electron chi connectivity index (χ3n) is 7.44. The Morgan fingerprint density at radius 3 is 2.59 bits per heavy atom. The summed E-state index contributed by atoms with van der Waals surface area (Å²) in [5, 5.41) is 5.86. The lowest BCUT2D eigenvalue weighted by Crippen LogP contribution is -2.54. The average Bonchev–Trinajstić information content (AvgIpc) is 3.21. The first-order valence-electron chi connectivity index (χ1n) is 11.8. The number of rotatable bonds is 6. The number of likely N-dealkylation sites (tertiary alicyclic amines) is 1. The number of nitrogens with one attached hydrogen (secondary N) is 2. The van der Waals surface area contributed by atoms with E-state index in [9.17, 15) is 9.18 Å². The van der Waals surface area contributed by atoms with Gasteiger partial charge < -0.3 is 20.1 Å². The molecule has 0 aromatic heterocycles. The number of ether oxygens (including phenoxy) is 2. The standard InChI is InChI=1S/C26H33ClFN3O3/c1-16(2)31-12-11-26(17-5-8-22(33-3)23(13-17)34-4)10-9-19(15-24(26)31)30-25(32)29-18-6-7-20(27)21(28)14-18/h5-8,13-14,16,19,24H,9-12,15H2,1-4H3,(H2,29,30,32)/t19-,24+,26+/m1/s1. The summed E-state index contributed by atoms with van der Waals surface area (Å²) in [5.41, 5.74) is 1.63. The van der Waals surface area contributed by atoms with Gasteiger partial charge in [0.05, 0.1) is 19.2 Å². The normalized spacial score (nSPS) is 24.6. The van der Waals surface area contributed by atoms with Gasteiger partial charge in [0.1, 0.15) is 5.82 Å². The summed E-state index contributed by atoms with van der Waals surface area (Å²) in [4.78, 5) is 15.2. The van der Waals surface area contributed by atoms with Gasteiger partial charge in [-0.3, -0.25) is 4.90 Å². The second kappa shape index (κ2) is 10.0. The van der Waals surface area contributed by atoms with Crippen molar-refractivity contribution in [1.29, 1.82) is 0 Å². The molecule has 0 spiro atoms. The largest absolute Gasteiger partial charge is 0.493 e. The highest BCUT2D eigenvalue weighted by atomic mass is 35.5. The first kappa shape index (κ1) is 24.6. The number of methoxy groups -OCH3 is 2. The lowest BCUT2D eigenvalue weighted by molar-refractivity contribution is 0.113. The van der Waals surface area contributed by atoms with Crippen molar-refractivity contribution >= 4 is 23.3 Å². The van der Waals surface area contributed by atoms with Crippen LogP contribution in [-0.4, -0.2) is 49.8 Å².